The van der Waals surface area contributed by atoms with Gasteiger partial charge in [-0.1, -0.05) is 17.3 Å². The standard InChI is InChI=1S/C22H18F3N7O3/c23-22(24,25)21-28-19(29-35-21)14-5-6-17(26-11-14)30-7-9-31(10-8-30)18(33)12-32-13-27-16-4-2-1-3-15(16)20(32)34/h1-6,11,13H,7-10,12H2. The first-order chi connectivity index (χ1) is 16.8. The Morgan fingerprint density at radius 1 is 1.03 bits per heavy atom. The van der Waals surface area contributed by atoms with Crippen LogP contribution in [0, 0.1) is 0 Å². The minimum atomic E-state index is -4.71. The Hall–Kier alpha value is -4.29. The lowest BCUT2D eigenvalue weighted by atomic mass is 10.2. The molecule has 0 bridgehead atoms. The van der Waals surface area contributed by atoms with Gasteiger partial charge in [0.05, 0.1) is 17.2 Å². The number of pyridine rings is 1. The number of alkyl halides is 3. The van der Waals surface area contributed by atoms with Crippen LogP contribution in [0.5, 0.6) is 0 Å². The number of amides is 1. The van der Waals surface area contributed by atoms with Gasteiger partial charge in [0.2, 0.25) is 11.7 Å². The van der Waals surface area contributed by atoms with Gasteiger partial charge in [-0.15, -0.1) is 0 Å². The molecule has 180 valence electrons. The summed E-state index contributed by atoms with van der Waals surface area (Å²) in [4.78, 5) is 40.9. The monoisotopic (exact) mass is 485 g/mol. The summed E-state index contributed by atoms with van der Waals surface area (Å²) in [5, 5.41) is 3.81. The van der Waals surface area contributed by atoms with Crippen LogP contribution < -0.4 is 10.5 Å². The molecule has 4 aromatic rings. The first kappa shape index (κ1) is 22.5. The molecule has 1 aliphatic heterocycles. The molecule has 1 amide bonds. The van der Waals surface area contributed by atoms with Crippen LogP contribution in [0.4, 0.5) is 19.0 Å². The normalized spacial score (nSPS) is 14.5. The van der Waals surface area contributed by atoms with Crippen LogP contribution >= 0.6 is 0 Å². The Kier molecular flexibility index (Phi) is 5.67. The second-order valence-corrected chi connectivity index (χ2v) is 7.89. The van der Waals surface area contributed by atoms with E-state index in [0.717, 1.165) is 0 Å². The van der Waals surface area contributed by atoms with Gasteiger partial charge in [-0.25, -0.2) is 9.97 Å². The van der Waals surface area contributed by atoms with E-state index < -0.39 is 12.1 Å². The molecule has 0 spiro atoms. The average Bonchev–Trinajstić information content (AvgIpc) is 3.37. The lowest BCUT2D eigenvalue weighted by Crippen LogP contribution is -2.50. The van der Waals surface area contributed by atoms with E-state index >= 15 is 0 Å². The average molecular weight is 485 g/mol. The van der Waals surface area contributed by atoms with Crippen LogP contribution in [0.1, 0.15) is 5.89 Å². The Labute approximate surface area is 195 Å². The molecule has 0 aliphatic carbocycles. The maximum absolute atomic E-state index is 12.8. The Bertz CT molecular complexity index is 1420. The van der Waals surface area contributed by atoms with Crippen LogP contribution in [-0.4, -0.2) is 61.7 Å². The van der Waals surface area contributed by atoms with Crippen molar-refractivity contribution in [3.63, 3.8) is 0 Å². The lowest BCUT2D eigenvalue weighted by molar-refractivity contribution is -0.159. The molecular weight excluding hydrogens is 467 g/mol. The largest absolute Gasteiger partial charge is 0.471 e. The molecule has 0 radical (unpaired) electrons. The SMILES string of the molecule is O=C(Cn1cnc2ccccc2c1=O)N1CCN(c2ccc(-c3noc(C(F)(F)F)n3)cn2)CC1. The van der Waals surface area contributed by atoms with Crippen LogP contribution in [0.3, 0.4) is 0 Å². The number of carbonyl (C=O) groups excluding carboxylic acids is 1. The molecule has 0 N–H and O–H groups in total. The Morgan fingerprint density at radius 2 is 1.80 bits per heavy atom. The van der Waals surface area contributed by atoms with E-state index in [1.54, 1.807) is 41.3 Å². The number of anilines is 1. The van der Waals surface area contributed by atoms with Crippen molar-refractivity contribution in [2.24, 2.45) is 0 Å². The minimum absolute atomic E-state index is 0.103. The van der Waals surface area contributed by atoms with E-state index in [0.29, 0.717) is 42.9 Å². The zero-order valence-corrected chi connectivity index (χ0v) is 18.1. The number of halogens is 3. The van der Waals surface area contributed by atoms with Crippen molar-refractivity contribution in [1.82, 2.24) is 29.6 Å². The third kappa shape index (κ3) is 4.56. The topological polar surface area (TPSA) is 110 Å². The van der Waals surface area contributed by atoms with Gasteiger partial charge >= 0.3 is 12.1 Å². The fourth-order valence-electron chi connectivity index (χ4n) is 3.81. The predicted octanol–water partition coefficient (Wildman–Crippen LogP) is 2.21. The van der Waals surface area contributed by atoms with Gasteiger partial charge in [-0.05, 0) is 24.3 Å². The van der Waals surface area contributed by atoms with Gasteiger partial charge in [-0.2, -0.15) is 18.2 Å². The van der Waals surface area contributed by atoms with E-state index in [1.807, 2.05) is 4.90 Å². The van der Waals surface area contributed by atoms with Gasteiger partial charge in [0, 0.05) is 37.9 Å². The summed E-state index contributed by atoms with van der Waals surface area (Å²) in [6.45, 7) is 1.76. The molecular formula is C22H18F3N7O3. The smallest absolute Gasteiger partial charge is 0.353 e. The highest BCUT2D eigenvalue weighted by Crippen LogP contribution is 2.29. The highest BCUT2D eigenvalue weighted by molar-refractivity contribution is 5.79. The van der Waals surface area contributed by atoms with Crippen molar-refractivity contribution in [2.75, 3.05) is 31.1 Å². The van der Waals surface area contributed by atoms with Crippen molar-refractivity contribution >= 4 is 22.6 Å². The Balaban J connectivity index is 1.20. The number of para-hydroxylation sites is 1. The number of fused-ring (bicyclic) bond motifs is 1. The molecule has 1 saturated heterocycles. The van der Waals surface area contributed by atoms with Crippen LogP contribution in [0.15, 0.2) is 58.2 Å². The number of carbonyl (C=O) groups is 1. The summed E-state index contributed by atoms with van der Waals surface area (Å²) in [7, 11) is 0. The van der Waals surface area contributed by atoms with Crippen molar-refractivity contribution < 1.29 is 22.5 Å². The van der Waals surface area contributed by atoms with E-state index in [1.165, 1.54) is 17.1 Å². The number of nitrogens with zero attached hydrogens (tertiary/aromatic N) is 7. The molecule has 10 nitrogen and oxygen atoms in total. The molecule has 1 aliphatic rings. The zero-order chi connectivity index (χ0) is 24.6. The minimum Gasteiger partial charge on any atom is -0.353 e. The second-order valence-electron chi connectivity index (χ2n) is 7.89. The van der Waals surface area contributed by atoms with E-state index in [-0.39, 0.29) is 29.4 Å². The summed E-state index contributed by atoms with van der Waals surface area (Å²) in [6.07, 6.45) is -1.96. The van der Waals surface area contributed by atoms with Gasteiger partial charge in [0.1, 0.15) is 12.4 Å². The molecule has 4 heterocycles. The third-order valence-corrected chi connectivity index (χ3v) is 5.67. The van der Waals surface area contributed by atoms with E-state index in [4.69, 9.17) is 0 Å². The number of piperazine rings is 1. The molecule has 0 atom stereocenters. The summed E-state index contributed by atoms with van der Waals surface area (Å²) in [5.41, 5.74) is 0.598. The highest BCUT2D eigenvalue weighted by Gasteiger charge is 2.38. The molecule has 5 rings (SSSR count). The van der Waals surface area contributed by atoms with Crippen LogP contribution in [-0.2, 0) is 17.5 Å². The maximum atomic E-state index is 12.8. The van der Waals surface area contributed by atoms with E-state index in [2.05, 4.69) is 24.6 Å². The fraction of sp³-hybridized carbons (Fsp3) is 0.273. The van der Waals surface area contributed by atoms with Gasteiger partial charge < -0.3 is 14.3 Å². The molecule has 3 aromatic heterocycles. The molecule has 1 fully saturated rings. The molecule has 13 heteroatoms. The van der Waals surface area contributed by atoms with Gasteiger partial charge in [-0.3, -0.25) is 14.2 Å². The first-order valence-electron chi connectivity index (χ1n) is 10.6. The lowest BCUT2D eigenvalue weighted by Gasteiger charge is -2.35. The van der Waals surface area contributed by atoms with E-state index in [9.17, 15) is 22.8 Å². The summed E-state index contributed by atoms with van der Waals surface area (Å²) in [6, 6.07) is 10.2. The highest BCUT2D eigenvalue weighted by atomic mass is 19.4. The third-order valence-electron chi connectivity index (χ3n) is 5.67. The number of benzene rings is 1. The number of hydrogen-bond acceptors (Lipinski definition) is 8. The van der Waals surface area contributed by atoms with Crippen molar-refractivity contribution in [3.8, 4) is 11.4 Å². The zero-order valence-electron chi connectivity index (χ0n) is 18.1. The Morgan fingerprint density at radius 3 is 2.49 bits per heavy atom. The van der Waals surface area contributed by atoms with Crippen molar-refractivity contribution in [2.45, 2.75) is 12.7 Å². The molecule has 1 aromatic carbocycles. The van der Waals surface area contributed by atoms with Crippen LogP contribution in [0.2, 0.25) is 0 Å². The first-order valence-corrected chi connectivity index (χ1v) is 10.6. The fourth-order valence-corrected chi connectivity index (χ4v) is 3.81. The number of hydrogen-bond donors (Lipinski definition) is 0. The quantitative estimate of drug-likeness (QED) is 0.433. The second kappa shape index (κ2) is 8.81. The van der Waals surface area contributed by atoms with Crippen molar-refractivity contribution in [1.29, 1.82) is 0 Å². The van der Waals surface area contributed by atoms with Gasteiger partial charge in [0.15, 0.2) is 0 Å². The van der Waals surface area contributed by atoms with Crippen molar-refractivity contribution in [3.05, 3.63) is 65.2 Å². The molecule has 0 saturated carbocycles. The predicted molar refractivity (Wildman–Crippen MR) is 117 cm³/mol. The molecule has 35 heavy (non-hydrogen) atoms. The number of aromatic nitrogens is 5. The molecule has 0 unspecified atom stereocenters. The van der Waals surface area contributed by atoms with Crippen LogP contribution in [0.25, 0.3) is 22.3 Å². The maximum Gasteiger partial charge on any atom is 0.471 e. The summed E-state index contributed by atoms with van der Waals surface area (Å²) in [5.74, 6) is -1.20. The summed E-state index contributed by atoms with van der Waals surface area (Å²) < 4.78 is 43.5. The van der Waals surface area contributed by atoms with Gasteiger partial charge in [0.25, 0.3) is 5.56 Å². The number of rotatable bonds is 4. The summed E-state index contributed by atoms with van der Waals surface area (Å²) >= 11 is 0.